The quantitative estimate of drug-likeness (QED) is 0.324. The van der Waals surface area contributed by atoms with Gasteiger partial charge in [-0.1, -0.05) is 64.7 Å². The van der Waals surface area contributed by atoms with E-state index in [4.69, 9.17) is 0 Å². The van der Waals surface area contributed by atoms with E-state index in [0.717, 1.165) is 6.54 Å². The second-order valence-electron chi connectivity index (χ2n) is 5.39. The largest absolute Gasteiger partial charge is 0.226 e. The second kappa shape index (κ2) is 14.4. The number of hydrogen-bond acceptors (Lipinski definition) is 2. The minimum atomic E-state index is 0.321. The summed E-state index contributed by atoms with van der Waals surface area (Å²) in [6.07, 6.45) is 13.7. The molecule has 0 aromatic rings. The molecule has 0 spiro atoms. The Balaban J connectivity index is 3.10. The van der Waals surface area contributed by atoms with Crippen LogP contribution in [-0.2, 0) is 0 Å². The van der Waals surface area contributed by atoms with Gasteiger partial charge in [0.1, 0.15) is 0 Å². The number of hydrogen-bond donors (Lipinski definition) is 0. The summed E-state index contributed by atoms with van der Waals surface area (Å²) in [6, 6.07) is 3.09. The van der Waals surface area contributed by atoms with Crippen molar-refractivity contribution in [3.05, 3.63) is 0 Å². The van der Waals surface area contributed by atoms with Crippen molar-refractivity contribution in [2.75, 3.05) is 6.54 Å². The Morgan fingerprint density at radius 1 is 0.778 bits per heavy atom. The lowest BCUT2D eigenvalue weighted by molar-refractivity contribution is 0.558. The molecule has 2 heteroatoms. The van der Waals surface area contributed by atoms with Crippen molar-refractivity contribution in [2.45, 2.75) is 91.0 Å². The van der Waals surface area contributed by atoms with E-state index in [1.807, 2.05) is 13.8 Å². The van der Waals surface area contributed by atoms with Gasteiger partial charge in [0.05, 0.1) is 12.1 Å². The summed E-state index contributed by atoms with van der Waals surface area (Å²) in [5, 5.41) is 0. The number of rotatable bonds is 12. The van der Waals surface area contributed by atoms with Crippen LogP contribution in [0, 0.1) is 0 Å². The third-order valence-electron chi connectivity index (χ3n) is 3.01. The Morgan fingerprint density at radius 3 is 1.78 bits per heavy atom. The van der Waals surface area contributed by atoms with Crippen LogP contribution in [0.4, 0.5) is 0 Å². The van der Waals surface area contributed by atoms with Crippen LogP contribution in [0.3, 0.4) is 0 Å². The van der Waals surface area contributed by atoms with E-state index in [1.54, 1.807) is 0 Å². The molecule has 0 aliphatic carbocycles. The highest BCUT2D eigenvalue weighted by Crippen LogP contribution is 2.10. The molecule has 0 N–H and O–H groups in total. The predicted octanol–water partition coefficient (Wildman–Crippen LogP) is 5.49. The molecule has 0 unspecified atom stereocenters. The molecule has 0 heterocycles. The third-order valence-corrected chi connectivity index (χ3v) is 3.01. The van der Waals surface area contributed by atoms with Crippen LogP contribution in [0.5, 0.6) is 0 Å². The maximum atomic E-state index is 4.16. The van der Waals surface area contributed by atoms with Gasteiger partial charge in [-0.15, -0.1) is 0 Å². The van der Waals surface area contributed by atoms with Crippen LogP contribution in [0.1, 0.15) is 85.0 Å². The molecule has 0 saturated carbocycles. The molecular formula is C16H32N2. The summed E-state index contributed by atoms with van der Waals surface area (Å²) in [7, 11) is 0. The topological polar surface area (TPSA) is 24.7 Å². The maximum absolute atomic E-state index is 4.16. The molecule has 18 heavy (non-hydrogen) atoms. The van der Waals surface area contributed by atoms with E-state index in [2.05, 4.69) is 22.9 Å². The Labute approximate surface area is 114 Å². The fourth-order valence-electron chi connectivity index (χ4n) is 1.88. The zero-order chi connectivity index (χ0) is 13.5. The molecule has 0 saturated heterocycles. The Morgan fingerprint density at radius 2 is 1.28 bits per heavy atom. The second-order valence-corrected chi connectivity index (χ2v) is 5.39. The highest BCUT2D eigenvalue weighted by atomic mass is 14.8. The van der Waals surface area contributed by atoms with Crippen molar-refractivity contribution in [2.24, 2.45) is 9.98 Å². The molecule has 0 bridgehead atoms. The molecule has 0 aliphatic rings. The fourth-order valence-corrected chi connectivity index (χ4v) is 1.88. The molecule has 106 valence electrons. The van der Waals surface area contributed by atoms with E-state index in [0.29, 0.717) is 6.04 Å². The van der Waals surface area contributed by atoms with Crippen LogP contribution >= 0.6 is 0 Å². The summed E-state index contributed by atoms with van der Waals surface area (Å²) in [5.74, 6) is 0. The van der Waals surface area contributed by atoms with E-state index in [-0.39, 0.29) is 0 Å². The summed E-state index contributed by atoms with van der Waals surface area (Å²) in [5.41, 5.74) is 0. The fraction of sp³-hybridized carbons (Fsp3) is 0.938. The predicted molar refractivity (Wildman–Crippen MR) is 81.7 cm³/mol. The molecule has 0 radical (unpaired) electrons. The first-order valence-electron chi connectivity index (χ1n) is 7.88. The van der Waals surface area contributed by atoms with E-state index >= 15 is 0 Å². The standard InChI is InChI=1S/C16H32N2/c1-4-5-6-7-8-9-10-11-12-13-14-17-15-18-16(2)3/h16H,4-14H2,1-3H3. The summed E-state index contributed by atoms with van der Waals surface area (Å²) < 4.78 is 0. The molecule has 0 fully saturated rings. The van der Waals surface area contributed by atoms with E-state index in [9.17, 15) is 0 Å². The van der Waals surface area contributed by atoms with Crippen molar-refractivity contribution in [1.29, 1.82) is 0 Å². The lowest BCUT2D eigenvalue weighted by atomic mass is 10.1. The van der Waals surface area contributed by atoms with Crippen molar-refractivity contribution in [3.8, 4) is 0 Å². The smallest absolute Gasteiger partial charge is 0.0895 e. The van der Waals surface area contributed by atoms with Crippen LogP contribution in [0.15, 0.2) is 9.98 Å². The van der Waals surface area contributed by atoms with Crippen molar-refractivity contribution in [1.82, 2.24) is 0 Å². The van der Waals surface area contributed by atoms with E-state index < -0.39 is 0 Å². The van der Waals surface area contributed by atoms with Crippen molar-refractivity contribution in [3.63, 3.8) is 0 Å². The molecule has 0 amide bonds. The van der Waals surface area contributed by atoms with Crippen LogP contribution in [-0.4, -0.2) is 18.6 Å². The van der Waals surface area contributed by atoms with Gasteiger partial charge >= 0.3 is 0 Å². The zero-order valence-electron chi connectivity index (χ0n) is 12.7. The first-order valence-corrected chi connectivity index (χ1v) is 7.88. The number of aliphatic imine (C=N–C) groups is 2. The van der Waals surface area contributed by atoms with Gasteiger partial charge in [0.2, 0.25) is 0 Å². The van der Waals surface area contributed by atoms with Crippen LogP contribution < -0.4 is 0 Å². The van der Waals surface area contributed by atoms with Crippen molar-refractivity contribution >= 4 is 6.01 Å². The molecule has 0 aromatic heterocycles. The van der Waals surface area contributed by atoms with E-state index in [1.165, 1.54) is 64.2 Å². The molecule has 0 aliphatic heterocycles. The lowest BCUT2D eigenvalue weighted by Gasteiger charge is -2.00. The first kappa shape index (κ1) is 17.4. The van der Waals surface area contributed by atoms with Gasteiger partial charge in [0.15, 0.2) is 0 Å². The van der Waals surface area contributed by atoms with Gasteiger partial charge < -0.3 is 0 Å². The maximum Gasteiger partial charge on any atom is 0.0895 e. The Bertz CT molecular complexity index is 215. The average Bonchev–Trinajstić information content (AvgIpc) is 2.34. The molecule has 0 atom stereocenters. The highest BCUT2D eigenvalue weighted by molar-refractivity contribution is 5.41. The number of nitrogens with zero attached hydrogens (tertiary/aromatic N) is 2. The summed E-state index contributed by atoms with van der Waals surface area (Å²) in [4.78, 5) is 8.25. The minimum Gasteiger partial charge on any atom is -0.226 e. The SMILES string of the molecule is CCCCCCCCCCCCN=C=NC(C)C. The summed E-state index contributed by atoms with van der Waals surface area (Å²) in [6.45, 7) is 7.26. The molecule has 0 aromatic carbocycles. The minimum absolute atomic E-state index is 0.321. The third kappa shape index (κ3) is 15.4. The van der Waals surface area contributed by atoms with Crippen molar-refractivity contribution < 1.29 is 0 Å². The Hall–Kier alpha value is -0.620. The molecular weight excluding hydrogens is 220 g/mol. The van der Waals surface area contributed by atoms with Gasteiger partial charge in [-0.05, 0) is 20.3 Å². The van der Waals surface area contributed by atoms with Gasteiger partial charge in [-0.2, -0.15) is 0 Å². The van der Waals surface area contributed by atoms with Gasteiger partial charge in [-0.25, -0.2) is 9.98 Å². The highest BCUT2D eigenvalue weighted by Gasteiger charge is 1.91. The van der Waals surface area contributed by atoms with Gasteiger partial charge in [-0.3, -0.25) is 0 Å². The average molecular weight is 252 g/mol. The molecule has 0 rings (SSSR count). The van der Waals surface area contributed by atoms with Crippen LogP contribution in [0.25, 0.3) is 0 Å². The monoisotopic (exact) mass is 252 g/mol. The first-order chi connectivity index (χ1) is 8.77. The zero-order valence-corrected chi connectivity index (χ0v) is 12.7. The number of unbranched alkanes of at least 4 members (excludes halogenated alkanes) is 9. The summed E-state index contributed by atoms with van der Waals surface area (Å²) >= 11 is 0. The lowest BCUT2D eigenvalue weighted by Crippen LogP contribution is -1.86. The van der Waals surface area contributed by atoms with Gasteiger partial charge in [0.25, 0.3) is 0 Å². The molecule has 2 nitrogen and oxygen atoms in total. The Kier molecular flexibility index (Phi) is 13.9. The normalized spacial score (nSPS) is 10.4. The van der Waals surface area contributed by atoms with Crippen LogP contribution in [0.2, 0.25) is 0 Å². The van der Waals surface area contributed by atoms with Gasteiger partial charge in [0, 0.05) is 6.54 Å².